The molecule has 1 aliphatic heterocycles. The van der Waals surface area contributed by atoms with Crippen molar-refractivity contribution < 1.29 is 9.53 Å². The Labute approximate surface area is 157 Å². The molecule has 2 unspecified atom stereocenters. The zero-order valence-electron chi connectivity index (χ0n) is 14.1. The van der Waals surface area contributed by atoms with Gasteiger partial charge >= 0.3 is 0 Å². The van der Waals surface area contributed by atoms with Crippen LogP contribution in [0.4, 0.5) is 0 Å². The summed E-state index contributed by atoms with van der Waals surface area (Å²) in [7, 11) is 1.59. The number of nitrogens with zero attached hydrogens (tertiary/aromatic N) is 1. The minimum Gasteiger partial charge on any atom is -0.380 e. The molecule has 0 aromatic heterocycles. The highest BCUT2D eigenvalue weighted by Gasteiger charge is 2.24. The Morgan fingerprint density at radius 3 is 2.42 bits per heavy atom. The molecule has 1 aromatic carbocycles. The number of likely N-dealkylation sites (tertiary alicyclic amines) is 1. The summed E-state index contributed by atoms with van der Waals surface area (Å²) >= 11 is 0. The maximum atomic E-state index is 12.1. The first-order valence-corrected chi connectivity index (χ1v) is 8.03. The van der Waals surface area contributed by atoms with E-state index in [0.29, 0.717) is 19.5 Å². The lowest BCUT2D eigenvalue weighted by Gasteiger charge is -2.28. The van der Waals surface area contributed by atoms with Crippen LogP contribution >= 0.6 is 24.8 Å². The average molecular weight is 378 g/mol. The number of halogens is 2. The predicted octanol–water partition coefficient (Wildman–Crippen LogP) is 2.15. The second-order valence-electron chi connectivity index (χ2n) is 5.77. The van der Waals surface area contributed by atoms with E-state index >= 15 is 0 Å². The van der Waals surface area contributed by atoms with Gasteiger partial charge in [-0.15, -0.1) is 24.8 Å². The Bertz CT molecular complexity index is 452. The quantitative estimate of drug-likeness (QED) is 0.728. The molecule has 24 heavy (non-hydrogen) atoms. The van der Waals surface area contributed by atoms with Crippen LogP contribution in [0.25, 0.3) is 0 Å². The summed E-state index contributed by atoms with van der Waals surface area (Å²) < 4.78 is 5.17. The van der Waals surface area contributed by atoms with Crippen molar-refractivity contribution in [2.45, 2.75) is 31.4 Å². The smallest absolute Gasteiger partial charge is 0.222 e. The standard InChI is InChI=1S/C17H27N3O2.2ClH/c1-22-15(12-18)11-17(21)19-13-16(20-9-5-6-10-20)14-7-3-2-4-8-14;;/h2-4,7-8,15-16H,5-6,9-13,18H2,1H3,(H,19,21);2*1H. The van der Waals surface area contributed by atoms with Crippen LogP contribution in [0.2, 0.25) is 0 Å². The molecule has 2 atom stereocenters. The first-order valence-electron chi connectivity index (χ1n) is 8.03. The van der Waals surface area contributed by atoms with Gasteiger partial charge in [-0.1, -0.05) is 30.3 Å². The minimum absolute atomic E-state index is 0. The Morgan fingerprint density at radius 2 is 1.88 bits per heavy atom. The van der Waals surface area contributed by atoms with Crippen molar-refractivity contribution in [2.24, 2.45) is 5.73 Å². The summed E-state index contributed by atoms with van der Waals surface area (Å²) in [5, 5.41) is 3.04. The molecule has 138 valence electrons. The largest absolute Gasteiger partial charge is 0.380 e. The van der Waals surface area contributed by atoms with Gasteiger partial charge in [-0.2, -0.15) is 0 Å². The molecule has 0 aliphatic carbocycles. The molecule has 2 rings (SSSR count). The van der Waals surface area contributed by atoms with Gasteiger partial charge in [0.2, 0.25) is 5.91 Å². The van der Waals surface area contributed by atoms with Gasteiger partial charge in [0.05, 0.1) is 18.6 Å². The van der Waals surface area contributed by atoms with Crippen molar-refractivity contribution in [1.29, 1.82) is 0 Å². The molecule has 0 radical (unpaired) electrons. The Morgan fingerprint density at radius 1 is 1.25 bits per heavy atom. The lowest BCUT2D eigenvalue weighted by molar-refractivity contribution is -0.123. The summed E-state index contributed by atoms with van der Waals surface area (Å²) in [6.45, 7) is 3.18. The lowest BCUT2D eigenvalue weighted by Crippen LogP contribution is -2.38. The van der Waals surface area contributed by atoms with Crippen LogP contribution in [0, 0.1) is 0 Å². The molecule has 0 saturated carbocycles. The van der Waals surface area contributed by atoms with E-state index in [2.05, 4.69) is 34.5 Å². The molecule has 0 spiro atoms. The van der Waals surface area contributed by atoms with Crippen LogP contribution < -0.4 is 11.1 Å². The van der Waals surface area contributed by atoms with E-state index in [-0.39, 0.29) is 42.9 Å². The van der Waals surface area contributed by atoms with Gasteiger partial charge < -0.3 is 15.8 Å². The van der Waals surface area contributed by atoms with E-state index in [1.54, 1.807) is 7.11 Å². The Hall–Kier alpha value is -0.850. The summed E-state index contributed by atoms with van der Waals surface area (Å²) in [6, 6.07) is 10.6. The van der Waals surface area contributed by atoms with Crippen molar-refractivity contribution in [3.8, 4) is 0 Å². The van der Waals surface area contributed by atoms with Crippen LogP contribution in [0.5, 0.6) is 0 Å². The van der Waals surface area contributed by atoms with E-state index in [0.717, 1.165) is 13.1 Å². The first-order chi connectivity index (χ1) is 10.7. The van der Waals surface area contributed by atoms with Gasteiger partial charge in [0.1, 0.15) is 0 Å². The summed E-state index contributed by atoms with van der Waals surface area (Å²) in [5.74, 6) is -0.00238. The number of carbonyl (C=O) groups excluding carboxylic acids is 1. The number of carbonyl (C=O) groups is 1. The number of nitrogens with one attached hydrogen (secondary N) is 1. The van der Waals surface area contributed by atoms with Crippen LogP contribution in [0.3, 0.4) is 0 Å². The van der Waals surface area contributed by atoms with Gasteiger partial charge in [0.15, 0.2) is 0 Å². The molecular weight excluding hydrogens is 349 g/mol. The number of nitrogens with two attached hydrogens (primary N) is 1. The molecule has 1 saturated heterocycles. The molecule has 1 fully saturated rings. The van der Waals surface area contributed by atoms with Crippen LogP contribution in [0.1, 0.15) is 30.9 Å². The maximum Gasteiger partial charge on any atom is 0.222 e. The Kier molecular flexibility index (Phi) is 12.1. The fourth-order valence-electron chi connectivity index (χ4n) is 2.94. The first kappa shape index (κ1) is 23.1. The third kappa shape index (κ3) is 6.95. The number of hydrogen-bond donors (Lipinski definition) is 2. The fourth-order valence-corrected chi connectivity index (χ4v) is 2.94. The normalized spacial score (nSPS) is 16.6. The molecular formula is C17H29Cl2N3O2. The van der Waals surface area contributed by atoms with Crippen molar-refractivity contribution in [1.82, 2.24) is 10.2 Å². The predicted molar refractivity (Wildman–Crippen MR) is 102 cm³/mol. The zero-order chi connectivity index (χ0) is 15.8. The minimum atomic E-state index is -0.207. The summed E-state index contributed by atoms with van der Waals surface area (Å²) in [5.41, 5.74) is 6.82. The Balaban J connectivity index is 0.00000264. The molecule has 1 amide bonds. The van der Waals surface area contributed by atoms with Crippen molar-refractivity contribution in [3.05, 3.63) is 35.9 Å². The molecule has 1 aromatic rings. The molecule has 7 heteroatoms. The SMILES string of the molecule is COC(CN)CC(=O)NCC(c1ccccc1)N1CCCC1.Cl.Cl. The molecule has 5 nitrogen and oxygen atoms in total. The number of methoxy groups -OCH3 is 1. The highest BCUT2D eigenvalue weighted by atomic mass is 35.5. The van der Waals surface area contributed by atoms with Gasteiger partial charge in [0, 0.05) is 20.2 Å². The van der Waals surface area contributed by atoms with E-state index in [1.165, 1.54) is 18.4 Å². The van der Waals surface area contributed by atoms with Crippen molar-refractivity contribution in [2.75, 3.05) is 33.3 Å². The maximum absolute atomic E-state index is 12.1. The molecule has 1 aliphatic rings. The lowest BCUT2D eigenvalue weighted by atomic mass is 10.1. The zero-order valence-corrected chi connectivity index (χ0v) is 15.8. The van der Waals surface area contributed by atoms with E-state index in [1.807, 2.05) is 6.07 Å². The third-order valence-electron chi connectivity index (χ3n) is 4.27. The second-order valence-corrected chi connectivity index (χ2v) is 5.77. The van der Waals surface area contributed by atoms with E-state index < -0.39 is 0 Å². The van der Waals surface area contributed by atoms with Gasteiger partial charge in [0.25, 0.3) is 0 Å². The van der Waals surface area contributed by atoms with Crippen molar-refractivity contribution in [3.63, 3.8) is 0 Å². The third-order valence-corrected chi connectivity index (χ3v) is 4.27. The average Bonchev–Trinajstić information content (AvgIpc) is 3.08. The monoisotopic (exact) mass is 377 g/mol. The summed E-state index contributed by atoms with van der Waals surface area (Å²) in [6.07, 6.45) is 2.57. The van der Waals surface area contributed by atoms with E-state index in [9.17, 15) is 4.79 Å². The highest BCUT2D eigenvalue weighted by Crippen LogP contribution is 2.24. The number of rotatable bonds is 8. The second kappa shape index (κ2) is 12.5. The van der Waals surface area contributed by atoms with Gasteiger partial charge in [-0.25, -0.2) is 0 Å². The number of ether oxygens (including phenoxy) is 1. The van der Waals surface area contributed by atoms with Crippen LogP contribution in [0.15, 0.2) is 30.3 Å². The van der Waals surface area contributed by atoms with Gasteiger partial charge in [-0.3, -0.25) is 9.69 Å². The highest BCUT2D eigenvalue weighted by molar-refractivity contribution is 5.85. The number of amides is 1. The number of hydrogen-bond acceptors (Lipinski definition) is 4. The fraction of sp³-hybridized carbons (Fsp3) is 0.588. The van der Waals surface area contributed by atoms with Gasteiger partial charge in [-0.05, 0) is 31.5 Å². The van der Waals surface area contributed by atoms with Crippen LogP contribution in [-0.2, 0) is 9.53 Å². The summed E-state index contributed by atoms with van der Waals surface area (Å²) in [4.78, 5) is 14.5. The molecule has 1 heterocycles. The molecule has 0 bridgehead atoms. The number of benzene rings is 1. The van der Waals surface area contributed by atoms with E-state index in [4.69, 9.17) is 10.5 Å². The van der Waals surface area contributed by atoms with Crippen molar-refractivity contribution >= 4 is 30.7 Å². The molecule has 3 N–H and O–H groups in total. The topological polar surface area (TPSA) is 67.6 Å². The van der Waals surface area contributed by atoms with Crippen LogP contribution in [-0.4, -0.2) is 50.2 Å².